The first-order valence-corrected chi connectivity index (χ1v) is 5.32. The van der Waals surface area contributed by atoms with Crippen molar-refractivity contribution in [3.05, 3.63) is 53.6 Å². The van der Waals surface area contributed by atoms with Crippen molar-refractivity contribution in [1.29, 1.82) is 0 Å². The molecule has 0 aliphatic heterocycles. The zero-order valence-corrected chi connectivity index (χ0v) is 9.54. The molecule has 0 bridgehead atoms. The fourth-order valence-electron chi connectivity index (χ4n) is 1.71. The van der Waals surface area contributed by atoms with Crippen LogP contribution in [0.3, 0.4) is 0 Å². The van der Waals surface area contributed by atoms with Gasteiger partial charge in [0.2, 0.25) is 0 Å². The molecule has 0 saturated heterocycles. The van der Waals surface area contributed by atoms with Crippen molar-refractivity contribution >= 4 is 16.3 Å². The van der Waals surface area contributed by atoms with Gasteiger partial charge in [0.15, 0.2) is 0 Å². The van der Waals surface area contributed by atoms with Gasteiger partial charge in [0.05, 0.1) is 0 Å². The Morgan fingerprint density at radius 1 is 0.800 bits per heavy atom. The molecule has 0 unspecified atom stereocenters. The summed E-state index contributed by atoms with van der Waals surface area (Å²) >= 11 is 0. The lowest BCUT2D eigenvalue weighted by molar-refractivity contribution is 1.37. The van der Waals surface area contributed by atoms with Crippen molar-refractivity contribution in [2.24, 2.45) is 0 Å². The Labute approximate surface area is 91.2 Å². The summed E-state index contributed by atoms with van der Waals surface area (Å²) in [5.74, 6) is 0. The second-order valence-electron chi connectivity index (χ2n) is 4.19. The topological polar surface area (TPSA) is 0 Å². The van der Waals surface area contributed by atoms with E-state index in [4.69, 9.17) is 0 Å². The largest absolute Gasteiger partial charge is 0.0729 e. The molecular formula is C15H16. The van der Waals surface area contributed by atoms with Gasteiger partial charge < -0.3 is 0 Å². The number of allylic oxidation sites excluding steroid dienone is 2. The molecule has 0 heterocycles. The summed E-state index contributed by atoms with van der Waals surface area (Å²) in [7, 11) is 0. The fraction of sp³-hybridized carbons (Fsp3) is 0.200. The average molecular weight is 196 g/mol. The molecule has 0 N–H and O–H groups in total. The minimum Gasteiger partial charge on any atom is -0.0729 e. The first-order chi connectivity index (χ1) is 7.18. The molecule has 2 rings (SSSR count). The van der Waals surface area contributed by atoms with Gasteiger partial charge in [-0.15, -0.1) is 0 Å². The Kier molecular flexibility index (Phi) is 2.59. The van der Waals surface area contributed by atoms with E-state index in [0.29, 0.717) is 0 Å². The van der Waals surface area contributed by atoms with Gasteiger partial charge in [0.25, 0.3) is 0 Å². The molecule has 0 atom stereocenters. The maximum absolute atomic E-state index is 2.26. The second-order valence-corrected chi connectivity index (χ2v) is 4.19. The van der Waals surface area contributed by atoms with Crippen molar-refractivity contribution in [1.82, 2.24) is 0 Å². The van der Waals surface area contributed by atoms with Crippen LogP contribution in [0.2, 0.25) is 0 Å². The number of hydrogen-bond acceptors (Lipinski definition) is 0. The summed E-state index contributed by atoms with van der Waals surface area (Å²) in [6.45, 7) is 6.49. The van der Waals surface area contributed by atoms with E-state index in [9.17, 15) is 0 Å². The van der Waals surface area contributed by atoms with E-state index in [1.54, 1.807) is 0 Å². The Morgan fingerprint density at radius 2 is 1.47 bits per heavy atom. The average Bonchev–Trinajstić information content (AvgIpc) is 2.27. The Balaban J connectivity index is 2.62. The van der Waals surface area contributed by atoms with Crippen LogP contribution in [0.15, 0.2) is 48.0 Å². The molecule has 0 heteroatoms. The predicted octanol–water partition coefficient (Wildman–Crippen LogP) is 4.65. The van der Waals surface area contributed by atoms with Gasteiger partial charge >= 0.3 is 0 Å². The van der Waals surface area contributed by atoms with Crippen molar-refractivity contribution in [2.45, 2.75) is 20.8 Å². The van der Waals surface area contributed by atoms with Crippen LogP contribution in [0.5, 0.6) is 0 Å². The van der Waals surface area contributed by atoms with Crippen LogP contribution < -0.4 is 0 Å². The van der Waals surface area contributed by atoms with E-state index in [0.717, 1.165) is 0 Å². The summed E-state index contributed by atoms with van der Waals surface area (Å²) < 4.78 is 0. The maximum Gasteiger partial charge on any atom is -0.0178 e. The van der Waals surface area contributed by atoms with Crippen LogP contribution in [0.1, 0.15) is 26.3 Å². The van der Waals surface area contributed by atoms with Crippen LogP contribution in [0.4, 0.5) is 0 Å². The second kappa shape index (κ2) is 3.90. The smallest absolute Gasteiger partial charge is 0.0178 e. The van der Waals surface area contributed by atoms with Crippen LogP contribution in [-0.2, 0) is 0 Å². The molecule has 0 spiro atoms. The minimum absolute atomic E-state index is 1.31. The molecule has 0 nitrogen and oxygen atoms in total. The highest BCUT2D eigenvalue weighted by Gasteiger charge is 1.99. The van der Waals surface area contributed by atoms with Gasteiger partial charge in [-0.25, -0.2) is 0 Å². The van der Waals surface area contributed by atoms with Crippen LogP contribution in [0.25, 0.3) is 16.3 Å². The molecule has 0 aliphatic rings. The standard InChI is InChI=1S/C15H16/c1-11(2)12(3)14-9-8-13-6-4-5-7-15(13)10-14/h4-10H,1-3H3. The highest BCUT2D eigenvalue weighted by atomic mass is 14.0. The number of fused-ring (bicyclic) bond motifs is 1. The highest BCUT2D eigenvalue weighted by molar-refractivity contribution is 5.86. The van der Waals surface area contributed by atoms with E-state index in [-0.39, 0.29) is 0 Å². The first kappa shape index (κ1) is 9.97. The van der Waals surface area contributed by atoms with Gasteiger partial charge in [-0.1, -0.05) is 42.0 Å². The summed E-state index contributed by atoms with van der Waals surface area (Å²) in [4.78, 5) is 0. The minimum atomic E-state index is 1.31. The monoisotopic (exact) mass is 196 g/mol. The van der Waals surface area contributed by atoms with Gasteiger partial charge in [0, 0.05) is 0 Å². The summed E-state index contributed by atoms with van der Waals surface area (Å²) in [5, 5.41) is 2.62. The Bertz CT molecular complexity index is 514. The molecule has 0 fully saturated rings. The van der Waals surface area contributed by atoms with Gasteiger partial charge in [-0.05, 0) is 48.7 Å². The molecule has 0 amide bonds. The number of rotatable bonds is 1. The van der Waals surface area contributed by atoms with E-state index in [1.807, 2.05) is 0 Å². The summed E-state index contributed by atoms with van der Waals surface area (Å²) in [6.07, 6.45) is 0. The van der Waals surface area contributed by atoms with E-state index in [2.05, 4.69) is 63.2 Å². The van der Waals surface area contributed by atoms with E-state index < -0.39 is 0 Å². The molecule has 0 aliphatic carbocycles. The molecule has 2 aromatic carbocycles. The molecule has 76 valence electrons. The lowest BCUT2D eigenvalue weighted by Crippen LogP contribution is -1.82. The van der Waals surface area contributed by atoms with Crippen molar-refractivity contribution < 1.29 is 0 Å². The lowest BCUT2D eigenvalue weighted by atomic mass is 10.00. The third kappa shape index (κ3) is 1.94. The van der Waals surface area contributed by atoms with Gasteiger partial charge in [0.1, 0.15) is 0 Å². The highest BCUT2D eigenvalue weighted by Crippen LogP contribution is 2.22. The normalized spacial score (nSPS) is 10.3. The third-order valence-electron chi connectivity index (χ3n) is 2.93. The van der Waals surface area contributed by atoms with Crippen molar-refractivity contribution in [3.63, 3.8) is 0 Å². The molecule has 0 saturated carbocycles. The Morgan fingerprint density at radius 3 is 2.13 bits per heavy atom. The van der Waals surface area contributed by atoms with Gasteiger partial charge in [-0.2, -0.15) is 0 Å². The van der Waals surface area contributed by atoms with E-state index >= 15 is 0 Å². The van der Waals surface area contributed by atoms with Gasteiger partial charge in [-0.3, -0.25) is 0 Å². The fourth-order valence-corrected chi connectivity index (χ4v) is 1.71. The zero-order valence-electron chi connectivity index (χ0n) is 9.54. The lowest BCUT2D eigenvalue weighted by Gasteiger charge is -2.06. The summed E-state index contributed by atoms with van der Waals surface area (Å²) in [5.41, 5.74) is 4.08. The molecule has 15 heavy (non-hydrogen) atoms. The first-order valence-electron chi connectivity index (χ1n) is 5.32. The Hall–Kier alpha value is -1.56. The molecule has 2 aromatic rings. The maximum atomic E-state index is 2.26. The quantitative estimate of drug-likeness (QED) is 0.622. The van der Waals surface area contributed by atoms with Crippen molar-refractivity contribution in [2.75, 3.05) is 0 Å². The summed E-state index contributed by atoms with van der Waals surface area (Å²) in [6, 6.07) is 15.1. The van der Waals surface area contributed by atoms with Crippen molar-refractivity contribution in [3.8, 4) is 0 Å². The van der Waals surface area contributed by atoms with Crippen LogP contribution in [0, 0.1) is 0 Å². The zero-order chi connectivity index (χ0) is 10.8. The van der Waals surface area contributed by atoms with Crippen LogP contribution >= 0.6 is 0 Å². The van der Waals surface area contributed by atoms with Crippen LogP contribution in [-0.4, -0.2) is 0 Å². The third-order valence-corrected chi connectivity index (χ3v) is 2.93. The molecule has 0 radical (unpaired) electrons. The number of hydrogen-bond donors (Lipinski definition) is 0. The molecular weight excluding hydrogens is 180 g/mol. The molecule has 0 aromatic heterocycles. The number of benzene rings is 2. The van der Waals surface area contributed by atoms with E-state index in [1.165, 1.54) is 27.5 Å². The predicted molar refractivity (Wildman–Crippen MR) is 67.9 cm³/mol. The SMILES string of the molecule is CC(C)=C(C)c1ccc2ccccc2c1.